The molecule has 112 valence electrons. The van der Waals surface area contributed by atoms with Crippen molar-refractivity contribution in [2.24, 2.45) is 0 Å². The first-order valence-corrected chi connectivity index (χ1v) is 8.16. The second-order valence-electron chi connectivity index (χ2n) is 5.74. The van der Waals surface area contributed by atoms with Gasteiger partial charge in [0.2, 0.25) is 0 Å². The van der Waals surface area contributed by atoms with E-state index in [9.17, 15) is 0 Å². The maximum absolute atomic E-state index is 4.71. The lowest BCUT2D eigenvalue weighted by atomic mass is 10.1. The lowest BCUT2D eigenvalue weighted by molar-refractivity contribution is 0.619. The average molecular weight is 276 g/mol. The summed E-state index contributed by atoms with van der Waals surface area (Å²) in [6.45, 7) is 7.59. The Labute approximate surface area is 122 Å². The second-order valence-corrected chi connectivity index (χ2v) is 5.74. The summed E-state index contributed by atoms with van der Waals surface area (Å²) in [4.78, 5) is 9.36. The average Bonchev–Trinajstić information content (AvgIpc) is 3.29. The van der Waals surface area contributed by atoms with Crippen molar-refractivity contribution >= 4 is 11.6 Å². The van der Waals surface area contributed by atoms with Gasteiger partial charge in [-0.25, -0.2) is 9.97 Å². The van der Waals surface area contributed by atoms with E-state index in [2.05, 4.69) is 42.5 Å². The first-order chi connectivity index (χ1) is 9.76. The highest BCUT2D eigenvalue weighted by atomic mass is 15.1. The van der Waals surface area contributed by atoms with Crippen molar-refractivity contribution in [2.75, 3.05) is 17.2 Å². The van der Waals surface area contributed by atoms with E-state index >= 15 is 0 Å². The van der Waals surface area contributed by atoms with Crippen LogP contribution in [0.4, 0.5) is 11.6 Å². The van der Waals surface area contributed by atoms with Crippen LogP contribution in [0.2, 0.25) is 0 Å². The van der Waals surface area contributed by atoms with Crippen molar-refractivity contribution in [1.29, 1.82) is 0 Å². The smallest absolute Gasteiger partial charge is 0.136 e. The van der Waals surface area contributed by atoms with Crippen LogP contribution in [0.1, 0.15) is 71.0 Å². The lowest BCUT2D eigenvalue weighted by Gasteiger charge is -2.18. The molecule has 1 atom stereocenters. The highest BCUT2D eigenvalue weighted by Gasteiger charge is 2.27. The Balaban J connectivity index is 2.10. The fourth-order valence-corrected chi connectivity index (χ4v) is 2.34. The molecule has 1 aliphatic carbocycles. The lowest BCUT2D eigenvalue weighted by Crippen LogP contribution is -2.19. The normalized spacial score (nSPS) is 15.9. The predicted molar refractivity (Wildman–Crippen MR) is 85.4 cm³/mol. The Bertz CT molecular complexity index is 415. The molecular weight excluding hydrogens is 248 g/mol. The quantitative estimate of drug-likeness (QED) is 0.711. The zero-order valence-electron chi connectivity index (χ0n) is 13.1. The molecule has 0 aliphatic heterocycles. The van der Waals surface area contributed by atoms with Crippen molar-refractivity contribution in [3.05, 3.63) is 11.9 Å². The summed E-state index contributed by atoms with van der Waals surface area (Å²) < 4.78 is 0. The molecule has 1 aliphatic rings. The first-order valence-electron chi connectivity index (χ1n) is 8.16. The molecule has 0 aromatic carbocycles. The van der Waals surface area contributed by atoms with Crippen molar-refractivity contribution in [1.82, 2.24) is 9.97 Å². The summed E-state index contributed by atoms with van der Waals surface area (Å²) in [5.74, 6) is 3.56. The molecule has 1 saturated carbocycles. The maximum Gasteiger partial charge on any atom is 0.136 e. The van der Waals surface area contributed by atoms with Gasteiger partial charge in [0, 0.05) is 24.6 Å². The minimum atomic E-state index is 0.515. The summed E-state index contributed by atoms with van der Waals surface area (Å²) in [5.41, 5.74) is 0. The minimum Gasteiger partial charge on any atom is -0.370 e. The number of nitrogens with one attached hydrogen (secondary N) is 2. The summed E-state index contributed by atoms with van der Waals surface area (Å²) in [6, 6.07) is 2.57. The van der Waals surface area contributed by atoms with E-state index in [1.165, 1.54) is 25.7 Å². The number of hydrogen-bond donors (Lipinski definition) is 2. The van der Waals surface area contributed by atoms with E-state index in [1.54, 1.807) is 0 Å². The standard InChI is InChI=1S/C16H28N4/c1-4-7-13(6-3)18-15-11-14(17-10-5-2)19-16(20-15)12-8-9-12/h11-13H,4-10H2,1-3H3,(H2,17,18,19,20). The summed E-state index contributed by atoms with van der Waals surface area (Å²) in [6.07, 6.45) is 7.11. The number of anilines is 2. The molecule has 0 amide bonds. The first kappa shape index (κ1) is 15.1. The van der Waals surface area contributed by atoms with Crippen molar-refractivity contribution in [3.63, 3.8) is 0 Å². The van der Waals surface area contributed by atoms with Crippen LogP contribution < -0.4 is 10.6 Å². The summed E-state index contributed by atoms with van der Waals surface area (Å²) in [7, 11) is 0. The Kier molecular flexibility index (Phi) is 5.62. The predicted octanol–water partition coefficient (Wildman–Crippen LogP) is 4.17. The van der Waals surface area contributed by atoms with Gasteiger partial charge in [-0.05, 0) is 32.1 Å². The Morgan fingerprint density at radius 2 is 1.90 bits per heavy atom. The van der Waals surface area contributed by atoms with Crippen LogP contribution in [0.5, 0.6) is 0 Å². The van der Waals surface area contributed by atoms with Gasteiger partial charge in [0.1, 0.15) is 17.5 Å². The molecule has 0 spiro atoms. The Hall–Kier alpha value is -1.32. The third-order valence-electron chi connectivity index (χ3n) is 3.72. The van der Waals surface area contributed by atoms with Gasteiger partial charge >= 0.3 is 0 Å². The molecule has 1 heterocycles. The largest absolute Gasteiger partial charge is 0.370 e. The fraction of sp³-hybridized carbons (Fsp3) is 0.750. The van der Waals surface area contributed by atoms with Gasteiger partial charge in [0.25, 0.3) is 0 Å². The number of aromatic nitrogens is 2. The SMILES string of the molecule is CCCNc1cc(NC(CC)CCC)nc(C2CC2)n1. The van der Waals surface area contributed by atoms with Crippen molar-refractivity contribution in [3.8, 4) is 0 Å². The van der Waals surface area contributed by atoms with Gasteiger partial charge in [-0.15, -0.1) is 0 Å². The zero-order chi connectivity index (χ0) is 14.4. The van der Waals surface area contributed by atoms with Crippen LogP contribution in [-0.2, 0) is 0 Å². The second kappa shape index (κ2) is 7.46. The van der Waals surface area contributed by atoms with Crippen LogP contribution in [0.25, 0.3) is 0 Å². The fourth-order valence-electron chi connectivity index (χ4n) is 2.34. The monoisotopic (exact) mass is 276 g/mol. The molecule has 1 aromatic rings. The molecule has 0 saturated heterocycles. The Morgan fingerprint density at radius 3 is 2.50 bits per heavy atom. The molecule has 1 fully saturated rings. The molecule has 20 heavy (non-hydrogen) atoms. The van der Waals surface area contributed by atoms with Crippen molar-refractivity contribution in [2.45, 2.75) is 71.3 Å². The van der Waals surface area contributed by atoms with Crippen LogP contribution in [0.15, 0.2) is 6.07 Å². The van der Waals surface area contributed by atoms with Gasteiger partial charge in [-0.3, -0.25) is 0 Å². The molecule has 1 aromatic heterocycles. The van der Waals surface area contributed by atoms with E-state index in [4.69, 9.17) is 4.98 Å². The van der Waals surface area contributed by atoms with E-state index in [0.717, 1.165) is 36.8 Å². The van der Waals surface area contributed by atoms with Crippen LogP contribution >= 0.6 is 0 Å². The Morgan fingerprint density at radius 1 is 1.15 bits per heavy atom. The van der Waals surface area contributed by atoms with Crippen LogP contribution in [-0.4, -0.2) is 22.6 Å². The molecule has 4 nitrogen and oxygen atoms in total. The van der Waals surface area contributed by atoms with Crippen LogP contribution in [0.3, 0.4) is 0 Å². The highest BCUT2D eigenvalue weighted by molar-refractivity contribution is 5.48. The molecule has 4 heteroatoms. The van der Waals surface area contributed by atoms with Gasteiger partial charge in [0.05, 0.1) is 0 Å². The van der Waals surface area contributed by atoms with E-state index in [1.807, 2.05) is 0 Å². The highest BCUT2D eigenvalue weighted by Crippen LogP contribution is 2.38. The molecule has 2 rings (SSSR count). The summed E-state index contributed by atoms with van der Waals surface area (Å²) in [5, 5.41) is 6.97. The van der Waals surface area contributed by atoms with Gasteiger partial charge in [-0.1, -0.05) is 27.2 Å². The number of rotatable bonds is 9. The topological polar surface area (TPSA) is 49.8 Å². The zero-order valence-corrected chi connectivity index (χ0v) is 13.1. The maximum atomic E-state index is 4.71. The third-order valence-corrected chi connectivity index (χ3v) is 3.72. The van der Waals surface area contributed by atoms with Crippen molar-refractivity contribution < 1.29 is 0 Å². The molecule has 1 unspecified atom stereocenters. The molecule has 0 bridgehead atoms. The van der Waals surface area contributed by atoms with Gasteiger partial charge in [0.15, 0.2) is 0 Å². The number of hydrogen-bond acceptors (Lipinski definition) is 4. The van der Waals surface area contributed by atoms with E-state index in [-0.39, 0.29) is 0 Å². The summed E-state index contributed by atoms with van der Waals surface area (Å²) >= 11 is 0. The van der Waals surface area contributed by atoms with Gasteiger partial charge in [-0.2, -0.15) is 0 Å². The minimum absolute atomic E-state index is 0.515. The third kappa shape index (κ3) is 4.36. The number of nitrogens with zero attached hydrogens (tertiary/aromatic N) is 2. The van der Waals surface area contributed by atoms with Gasteiger partial charge < -0.3 is 10.6 Å². The molecular formula is C16H28N4. The van der Waals surface area contributed by atoms with E-state index < -0.39 is 0 Å². The molecule has 2 N–H and O–H groups in total. The van der Waals surface area contributed by atoms with Crippen LogP contribution in [0, 0.1) is 0 Å². The molecule has 0 radical (unpaired) electrons. The van der Waals surface area contributed by atoms with E-state index in [0.29, 0.717) is 12.0 Å².